The van der Waals surface area contributed by atoms with Gasteiger partial charge in [0, 0.05) is 31.7 Å². The highest BCUT2D eigenvalue weighted by atomic mass is 16.5. The zero-order chi connectivity index (χ0) is 17.8. The van der Waals surface area contributed by atoms with E-state index in [1.165, 1.54) is 0 Å². The average molecular weight is 343 g/mol. The molecule has 0 bridgehead atoms. The van der Waals surface area contributed by atoms with Crippen molar-refractivity contribution in [2.45, 2.75) is 45.6 Å². The van der Waals surface area contributed by atoms with Gasteiger partial charge in [0.1, 0.15) is 6.54 Å². The SMILES string of the molecule is C[C@@H]1CN(C(=O)Cn2cc(N[C@H](C)c3cccnc3)cn2)C[C@H](C)O1. The van der Waals surface area contributed by atoms with Crippen molar-refractivity contribution in [3.8, 4) is 0 Å². The van der Waals surface area contributed by atoms with Crippen LogP contribution in [0.4, 0.5) is 5.69 Å². The number of carbonyl (C=O) groups is 1. The van der Waals surface area contributed by atoms with E-state index in [4.69, 9.17) is 4.74 Å². The van der Waals surface area contributed by atoms with Gasteiger partial charge in [-0.15, -0.1) is 0 Å². The summed E-state index contributed by atoms with van der Waals surface area (Å²) in [5.74, 6) is 0.0666. The van der Waals surface area contributed by atoms with E-state index in [1.54, 1.807) is 17.1 Å². The first-order chi connectivity index (χ1) is 12.0. The molecule has 7 heteroatoms. The van der Waals surface area contributed by atoms with Crippen LogP contribution in [-0.4, -0.2) is 50.9 Å². The van der Waals surface area contributed by atoms with Crippen molar-refractivity contribution >= 4 is 11.6 Å². The second kappa shape index (κ2) is 7.65. The van der Waals surface area contributed by atoms with Crippen molar-refractivity contribution in [3.63, 3.8) is 0 Å². The fourth-order valence-corrected chi connectivity index (χ4v) is 3.11. The van der Waals surface area contributed by atoms with E-state index in [1.807, 2.05) is 43.3 Å². The van der Waals surface area contributed by atoms with Crippen molar-refractivity contribution in [2.75, 3.05) is 18.4 Å². The Morgan fingerprint density at radius 2 is 2.12 bits per heavy atom. The first-order valence-electron chi connectivity index (χ1n) is 8.63. The van der Waals surface area contributed by atoms with Gasteiger partial charge in [-0.3, -0.25) is 14.5 Å². The molecular formula is C18H25N5O2. The van der Waals surface area contributed by atoms with E-state index in [9.17, 15) is 4.79 Å². The molecule has 0 aliphatic carbocycles. The molecule has 0 unspecified atom stereocenters. The van der Waals surface area contributed by atoms with Crippen LogP contribution in [0.5, 0.6) is 0 Å². The summed E-state index contributed by atoms with van der Waals surface area (Å²) in [6, 6.07) is 4.06. The molecule has 7 nitrogen and oxygen atoms in total. The second-order valence-corrected chi connectivity index (χ2v) is 6.64. The number of nitrogens with zero attached hydrogens (tertiary/aromatic N) is 4. The predicted molar refractivity (Wildman–Crippen MR) is 95.1 cm³/mol. The van der Waals surface area contributed by atoms with Gasteiger partial charge in [0.05, 0.1) is 30.1 Å². The van der Waals surface area contributed by atoms with Crippen molar-refractivity contribution in [1.29, 1.82) is 0 Å². The highest BCUT2D eigenvalue weighted by Crippen LogP contribution is 2.18. The molecule has 0 spiro atoms. The highest BCUT2D eigenvalue weighted by Gasteiger charge is 2.26. The first kappa shape index (κ1) is 17.4. The summed E-state index contributed by atoms with van der Waals surface area (Å²) in [5.41, 5.74) is 1.98. The number of morpholine rings is 1. The zero-order valence-corrected chi connectivity index (χ0v) is 14.9. The Bertz CT molecular complexity index is 693. The molecule has 1 N–H and O–H groups in total. The van der Waals surface area contributed by atoms with Gasteiger partial charge in [-0.25, -0.2) is 0 Å². The number of hydrogen-bond donors (Lipinski definition) is 1. The summed E-state index contributed by atoms with van der Waals surface area (Å²) < 4.78 is 7.35. The fourth-order valence-electron chi connectivity index (χ4n) is 3.11. The molecule has 3 rings (SSSR count). The number of anilines is 1. The lowest BCUT2D eigenvalue weighted by atomic mass is 10.1. The summed E-state index contributed by atoms with van der Waals surface area (Å²) in [7, 11) is 0. The van der Waals surface area contributed by atoms with Gasteiger partial charge in [0.2, 0.25) is 5.91 Å². The Balaban J connectivity index is 1.57. The number of rotatable bonds is 5. The molecule has 3 heterocycles. The third-order valence-corrected chi connectivity index (χ3v) is 4.27. The molecule has 1 saturated heterocycles. The molecule has 0 aromatic carbocycles. The first-order valence-corrected chi connectivity index (χ1v) is 8.63. The van der Waals surface area contributed by atoms with Crippen LogP contribution >= 0.6 is 0 Å². The average Bonchev–Trinajstić information content (AvgIpc) is 3.01. The normalized spacial score (nSPS) is 21.8. The minimum absolute atomic E-state index is 0.0666. The standard InChI is InChI=1S/C18H25N5O2/c1-13-9-22(10-14(2)25-13)18(24)12-23-11-17(8-20-23)21-15(3)16-5-4-6-19-7-16/h4-8,11,13-15,21H,9-10,12H2,1-3H3/t13-,14+,15-/m1/s1. The third-order valence-electron chi connectivity index (χ3n) is 4.27. The second-order valence-electron chi connectivity index (χ2n) is 6.64. The minimum atomic E-state index is 0.0666. The number of pyridine rings is 1. The highest BCUT2D eigenvalue weighted by molar-refractivity contribution is 5.76. The Hall–Kier alpha value is -2.41. The minimum Gasteiger partial charge on any atom is -0.376 e. The fraction of sp³-hybridized carbons (Fsp3) is 0.500. The lowest BCUT2D eigenvalue weighted by Crippen LogP contribution is -2.49. The molecular weight excluding hydrogens is 318 g/mol. The van der Waals surface area contributed by atoms with Crippen LogP contribution < -0.4 is 5.32 Å². The number of hydrogen-bond acceptors (Lipinski definition) is 5. The predicted octanol–water partition coefficient (Wildman–Crippen LogP) is 2.09. The van der Waals surface area contributed by atoms with Crippen molar-refractivity contribution in [3.05, 3.63) is 42.5 Å². The maximum atomic E-state index is 12.5. The summed E-state index contributed by atoms with van der Waals surface area (Å²) in [4.78, 5) is 18.5. The van der Waals surface area contributed by atoms with Gasteiger partial charge in [-0.05, 0) is 32.4 Å². The van der Waals surface area contributed by atoms with E-state index in [0.717, 1.165) is 11.3 Å². The van der Waals surface area contributed by atoms with Crippen molar-refractivity contribution < 1.29 is 9.53 Å². The van der Waals surface area contributed by atoms with E-state index in [2.05, 4.69) is 22.3 Å². The van der Waals surface area contributed by atoms with Crippen LogP contribution in [0.15, 0.2) is 36.9 Å². The summed E-state index contributed by atoms with van der Waals surface area (Å²) in [5, 5.41) is 7.67. The van der Waals surface area contributed by atoms with Crippen LogP contribution in [-0.2, 0) is 16.1 Å². The van der Waals surface area contributed by atoms with Gasteiger partial charge < -0.3 is 15.0 Å². The van der Waals surface area contributed by atoms with E-state index < -0.39 is 0 Å². The zero-order valence-electron chi connectivity index (χ0n) is 14.9. The lowest BCUT2D eigenvalue weighted by molar-refractivity contribution is -0.144. The smallest absolute Gasteiger partial charge is 0.244 e. The molecule has 3 atom stereocenters. The summed E-state index contributed by atoms with van der Waals surface area (Å²) in [6.07, 6.45) is 7.34. The van der Waals surface area contributed by atoms with E-state index >= 15 is 0 Å². The molecule has 0 radical (unpaired) electrons. The molecule has 2 aromatic heterocycles. The van der Waals surface area contributed by atoms with Crippen LogP contribution in [0.1, 0.15) is 32.4 Å². The van der Waals surface area contributed by atoms with E-state index in [0.29, 0.717) is 13.1 Å². The Labute approximate surface area is 148 Å². The molecule has 25 heavy (non-hydrogen) atoms. The number of nitrogens with one attached hydrogen (secondary N) is 1. The maximum absolute atomic E-state index is 12.5. The molecule has 1 aliphatic heterocycles. The van der Waals surface area contributed by atoms with Crippen LogP contribution in [0.25, 0.3) is 0 Å². The number of carbonyl (C=O) groups excluding carboxylic acids is 1. The molecule has 134 valence electrons. The molecule has 1 fully saturated rings. The molecule has 1 aliphatic rings. The monoisotopic (exact) mass is 343 g/mol. The number of amides is 1. The van der Waals surface area contributed by atoms with Crippen molar-refractivity contribution in [2.24, 2.45) is 0 Å². The Morgan fingerprint density at radius 1 is 1.36 bits per heavy atom. The largest absolute Gasteiger partial charge is 0.376 e. The number of ether oxygens (including phenoxy) is 1. The van der Waals surface area contributed by atoms with Crippen LogP contribution in [0.2, 0.25) is 0 Å². The topological polar surface area (TPSA) is 72.3 Å². The molecule has 0 saturated carbocycles. The lowest BCUT2D eigenvalue weighted by Gasteiger charge is -2.35. The quantitative estimate of drug-likeness (QED) is 0.900. The summed E-state index contributed by atoms with van der Waals surface area (Å²) >= 11 is 0. The van der Waals surface area contributed by atoms with Gasteiger partial charge >= 0.3 is 0 Å². The van der Waals surface area contributed by atoms with E-state index in [-0.39, 0.29) is 30.7 Å². The molecule has 1 amide bonds. The van der Waals surface area contributed by atoms with Gasteiger partial charge in [0.15, 0.2) is 0 Å². The molecule has 2 aromatic rings. The van der Waals surface area contributed by atoms with Crippen LogP contribution in [0, 0.1) is 0 Å². The summed E-state index contributed by atoms with van der Waals surface area (Å²) in [6.45, 7) is 7.55. The van der Waals surface area contributed by atoms with Crippen molar-refractivity contribution in [1.82, 2.24) is 19.7 Å². The van der Waals surface area contributed by atoms with Gasteiger partial charge in [-0.2, -0.15) is 5.10 Å². The Morgan fingerprint density at radius 3 is 2.80 bits per heavy atom. The number of aromatic nitrogens is 3. The van der Waals surface area contributed by atoms with Crippen LogP contribution in [0.3, 0.4) is 0 Å². The van der Waals surface area contributed by atoms with Gasteiger partial charge in [-0.1, -0.05) is 6.07 Å². The maximum Gasteiger partial charge on any atom is 0.244 e. The van der Waals surface area contributed by atoms with Gasteiger partial charge in [0.25, 0.3) is 0 Å². The Kier molecular flexibility index (Phi) is 5.33. The third kappa shape index (κ3) is 4.57.